The average Bonchev–Trinajstić information content (AvgIpc) is 2.15. The highest BCUT2D eigenvalue weighted by Gasteiger charge is 2.03. The van der Waals surface area contributed by atoms with E-state index in [1.54, 1.807) is 12.4 Å². The van der Waals surface area contributed by atoms with Crippen molar-refractivity contribution in [3.8, 4) is 0 Å². The first-order chi connectivity index (χ1) is 5.88. The van der Waals surface area contributed by atoms with Crippen LogP contribution in [0.4, 0.5) is 0 Å². The van der Waals surface area contributed by atoms with Crippen LogP contribution < -0.4 is 5.32 Å². The zero-order chi connectivity index (χ0) is 8.81. The van der Waals surface area contributed by atoms with Crippen LogP contribution in [0.3, 0.4) is 0 Å². The molecule has 1 heterocycles. The molecule has 0 saturated carbocycles. The van der Waals surface area contributed by atoms with Gasteiger partial charge in [-0.25, -0.2) is 0 Å². The molecule has 0 bridgehead atoms. The van der Waals surface area contributed by atoms with E-state index in [0.29, 0.717) is 0 Å². The normalized spacial score (nSPS) is 12.4. The summed E-state index contributed by atoms with van der Waals surface area (Å²) in [7, 11) is 0. The van der Waals surface area contributed by atoms with Crippen LogP contribution in [-0.2, 0) is 0 Å². The molecule has 0 aliphatic carbocycles. The molecule has 0 amide bonds. The van der Waals surface area contributed by atoms with Crippen LogP contribution >= 0.6 is 0 Å². The van der Waals surface area contributed by atoms with Gasteiger partial charge in [-0.05, 0) is 18.2 Å². The highest BCUT2D eigenvalue weighted by Crippen LogP contribution is 2.10. The fourth-order valence-corrected chi connectivity index (χ4v) is 1.04. The number of hydrogen-bond acceptors (Lipinski definition) is 3. The number of rotatable bonds is 4. The summed E-state index contributed by atoms with van der Waals surface area (Å²) in [5.74, 6) is 0. The van der Waals surface area contributed by atoms with E-state index >= 15 is 0 Å². The van der Waals surface area contributed by atoms with Crippen molar-refractivity contribution in [1.29, 1.82) is 0 Å². The lowest BCUT2D eigenvalue weighted by molar-refractivity contribution is 0.644. The lowest BCUT2D eigenvalue weighted by atomic mass is 10.1. The van der Waals surface area contributed by atoms with Crippen LogP contribution in [0.15, 0.2) is 31.1 Å². The maximum Gasteiger partial charge on any atom is 0.0547 e. The predicted molar refractivity (Wildman–Crippen MR) is 48.6 cm³/mol. The van der Waals surface area contributed by atoms with Gasteiger partial charge in [0.25, 0.3) is 0 Å². The van der Waals surface area contributed by atoms with Crippen LogP contribution in [0.1, 0.15) is 18.5 Å². The second-order valence-corrected chi connectivity index (χ2v) is 2.45. The summed E-state index contributed by atoms with van der Waals surface area (Å²) in [4.78, 5) is 0. The monoisotopic (exact) mass is 163 g/mol. The van der Waals surface area contributed by atoms with Crippen molar-refractivity contribution in [3.63, 3.8) is 0 Å². The van der Waals surface area contributed by atoms with Gasteiger partial charge >= 0.3 is 0 Å². The van der Waals surface area contributed by atoms with E-state index in [2.05, 4.69) is 29.0 Å². The van der Waals surface area contributed by atoms with Gasteiger partial charge in [-0.15, -0.1) is 6.58 Å². The molecule has 0 saturated heterocycles. The molecule has 1 aromatic heterocycles. The first-order valence-corrected chi connectivity index (χ1v) is 4.01. The summed E-state index contributed by atoms with van der Waals surface area (Å²) in [5, 5.41) is 10.8. The molecular formula is C9H13N3. The third-order valence-electron chi connectivity index (χ3n) is 1.63. The summed E-state index contributed by atoms with van der Waals surface area (Å²) in [6.07, 6.45) is 5.29. The van der Waals surface area contributed by atoms with Crippen molar-refractivity contribution in [2.45, 2.75) is 13.0 Å². The number of aromatic nitrogens is 2. The van der Waals surface area contributed by atoms with Crippen LogP contribution in [0, 0.1) is 0 Å². The maximum absolute atomic E-state index is 3.80. The quantitative estimate of drug-likeness (QED) is 0.680. The van der Waals surface area contributed by atoms with Gasteiger partial charge < -0.3 is 5.32 Å². The molecule has 0 aliphatic rings. The molecule has 1 N–H and O–H groups in total. The van der Waals surface area contributed by atoms with Crippen molar-refractivity contribution in [2.75, 3.05) is 6.54 Å². The number of hydrogen-bond donors (Lipinski definition) is 1. The molecule has 1 rings (SSSR count). The van der Waals surface area contributed by atoms with Crippen LogP contribution in [0.5, 0.6) is 0 Å². The van der Waals surface area contributed by atoms with E-state index in [4.69, 9.17) is 0 Å². The minimum atomic E-state index is 0.186. The fourth-order valence-electron chi connectivity index (χ4n) is 1.04. The van der Waals surface area contributed by atoms with Gasteiger partial charge in [0.15, 0.2) is 0 Å². The molecule has 1 atom stereocenters. The first kappa shape index (κ1) is 8.87. The van der Waals surface area contributed by atoms with E-state index < -0.39 is 0 Å². The second-order valence-electron chi connectivity index (χ2n) is 2.45. The van der Waals surface area contributed by atoms with E-state index in [-0.39, 0.29) is 6.04 Å². The SMILES string of the molecule is C=CC(NCC)c1ccnnc1. The van der Waals surface area contributed by atoms with Crippen molar-refractivity contribution in [1.82, 2.24) is 15.5 Å². The van der Waals surface area contributed by atoms with Crippen molar-refractivity contribution in [2.24, 2.45) is 0 Å². The number of nitrogens with one attached hydrogen (secondary N) is 1. The van der Waals surface area contributed by atoms with Crippen LogP contribution in [0.25, 0.3) is 0 Å². The topological polar surface area (TPSA) is 37.8 Å². The lowest BCUT2D eigenvalue weighted by Gasteiger charge is -2.11. The molecule has 0 aromatic carbocycles. The maximum atomic E-state index is 3.80. The molecule has 1 aromatic rings. The zero-order valence-corrected chi connectivity index (χ0v) is 7.20. The smallest absolute Gasteiger partial charge is 0.0547 e. The minimum Gasteiger partial charge on any atom is -0.307 e. The fraction of sp³-hybridized carbons (Fsp3) is 0.333. The Hall–Kier alpha value is -1.22. The zero-order valence-electron chi connectivity index (χ0n) is 7.20. The van der Waals surface area contributed by atoms with E-state index in [9.17, 15) is 0 Å². The Morgan fingerprint density at radius 1 is 1.67 bits per heavy atom. The van der Waals surface area contributed by atoms with E-state index in [1.165, 1.54) is 0 Å². The number of likely N-dealkylation sites (N-methyl/N-ethyl adjacent to an activating group) is 1. The standard InChI is InChI=1S/C9H13N3/c1-3-9(10-4-2)8-5-6-11-12-7-8/h3,5-7,9-10H,1,4H2,2H3. The Bertz CT molecular complexity index is 233. The average molecular weight is 163 g/mol. The molecular weight excluding hydrogens is 150 g/mol. The van der Waals surface area contributed by atoms with Gasteiger partial charge in [0, 0.05) is 6.20 Å². The van der Waals surface area contributed by atoms with Crippen molar-refractivity contribution < 1.29 is 0 Å². The lowest BCUT2D eigenvalue weighted by Crippen LogP contribution is -2.18. The Kier molecular flexibility index (Phi) is 3.41. The third-order valence-corrected chi connectivity index (χ3v) is 1.63. The molecule has 0 aliphatic heterocycles. The largest absolute Gasteiger partial charge is 0.307 e. The Balaban J connectivity index is 2.73. The molecule has 3 heteroatoms. The summed E-state index contributed by atoms with van der Waals surface area (Å²) in [6, 6.07) is 2.12. The summed E-state index contributed by atoms with van der Waals surface area (Å²) >= 11 is 0. The van der Waals surface area contributed by atoms with Gasteiger partial charge in [0.1, 0.15) is 0 Å². The highest BCUT2D eigenvalue weighted by atomic mass is 15.1. The molecule has 0 fully saturated rings. The third kappa shape index (κ3) is 2.13. The van der Waals surface area contributed by atoms with Gasteiger partial charge in [0.05, 0.1) is 12.2 Å². The van der Waals surface area contributed by atoms with Crippen LogP contribution in [0.2, 0.25) is 0 Å². The molecule has 3 nitrogen and oxygen atoms in total. The van der Waals surface area contributed by atoms with Gasteiger partial charge in [0.2, 0.25) is 0 Å². The Morgan fingerprint density at radius 2 is 2.50 bits per heavy atom. The summed E-state index contributed by atoms with van der Waals surface area (Å²) in [6.45, 7) is 6.72. The number of nitrogens with zero attached hydrogens (tertiary/aromatic N) is 2. The Morgan fingerprint density at radius 3 is 3.00 bits per heavy atom. The van der Waals surface area contributed by atoms with E-state index in [0.717, 1.165) is 12.1 Å². The predicted octanol–water partition coefficient (Wildman–Crippen LogP) is 1.31. The van der Waals surface area contributed by atoms with Crippen molar-refractivity contribution in [3.05, 3.63) is 36.7 Å². The Labute approximate surface area is 72.5 Å². The molecule has 0 spiro atoms. The molecule has 64 valence electrons. The molecule has 12 heavy (non-hydrogen) atoms. The molecule has 1 unspecified atom stereocenters. The van der Waals surface area contributed by atoms with Gasteiger partial charge in [-0.1, -0.05) is 13.0 Å². The van der Waals surface area contributed by atoms with E-state index in [1.807, 2.05) is 12.1 Å². The van der Waals surface area contributed by atoms with Crippen molar-refractivity contribution >= 4 is 0 Å². The van der Waals surface area contributed by atoms with Crippen LogP contribution in [-0.4, -0.2) is 16.7 Å². The summed E-state index contributed by atoms with van der Waals surface area (Å²) in [5.41, 5.74) is 1.10. The first-order valence-electron chi connectivity index (χ1n) is 4.01. The van der Waals surface area contributed by atoms with Gasteiger partial charge in [-0.2, -0.15) is 10.2 Å². The molecule has 0 radical (unpaired) electrons. The highest BCUT2D eigenvalue weighted by molar-refractivity contribution is 5.16. The second kappa shape index (κ2) is 4.62. The van der Waals surface area contributed by atoms with Gasteiger partial charge in [-0.3, -0.25) is 0 Å². The minimum absolute atomic E-state index is 0.186. The summed E-state index contributed by atoms with van der Waals surface area (Å²) < 4.78 is 0.